The number of aromatic nitrogens is 1. The molecule has 0 saturated heterocycles. The molecule has 1 saturated carbocycles. The van der Waals surface area contributed by atoms with Crippen LogP contribution in [-0.4, -0.2) is 35.1 Å². The van der Waals surface area contributed by atoms with Gasteiger partial charge < -0.3 is 14.4 Å². The number of ether oxygens (including phenoxy) is 2. The third-order valence-electron chi connectivity index (χ3n) is 5.37. The first-order chi connectivity index (χ1) is 14.2. The molecule has 0 bridgehead atoms. The third-order valence-corrected chi connectivity index (χ3v) is 6.58. The molecule has 1 fully saturated rings. The highest BCUT2D eigenvalue weighted by Gasteiger charge is 2.31. The average Bonchev–Trinajstić information content (AvgIpc) is 3.50. The Hall–Kier alpha value is -1.28. The molecule has 1 atom stereocenters. The molecule has 0 N–H and O–H groups in total. The van der Waals surface area contributed by atoms with E-state index in [9.17, 15) is 4.79 Å². The normalized spacial score (nSPS) is 17.5. The van der Waals surface area contributed by atoms with Crippen LogP contribution in [0.4, 0.5) is 0 Å². The summed E-state index contributed by atoms with van der Waals surface area (Å²) in [4.78, 5) is 18.9. The summed E-state index contributed by atoms with van der Waals surface area (Å²) in [6, 6.07) is 2.15. The van der Waals surface area contributed by atoms with Crippen LogP contribution in [0, 0.1) is 15.0 Å². The standard InChI is InChI=1S/C23H30ClIN2O3/c1-5-29-22(28)16-7-6-10-27(13-16)19(23(2,3)4)12-17-11-18(20(24)26-21(17)25)30-14-15-8-9-15/h6,10-11,13,15,19H,5,7-9,12,14H2,1-4H3/t19-/m0/s1. The van der Waals surface area contributed by atoms with Gasteiger partial charge in [0.1, 0.15) is 3.70 Å². The number of halogens is 2. The Bertz CT molecular complexity index is 844. The summed E-state index contributed by atoms with van der Waals surface area (Å²) in [5.74, 6) is 1.05. The number of hydrogen-bond donors (Lipinski definition) is 0. The van der Waals surface area contributed by atoms with Crippen molar-refractivity contribution in [2.45, 2.75) is 59.4 Å². The van der Waals surface area contributed by atoms with Gasteiger partial charge in [0.25, 0.3) is 0 Å². The number of carbonyl (C=O) groups excluding carboxylic acids is 1. The SMILES string of the molecule is CCOC(=O)C1=CN([C@@H](Cc2cc(OCC3CC3)c(Cl)nc2I)C(C)(C)C)C=CC1. The Morgan fingerprint density at radius 3 is 2.77 bits per heavy atom. The van der Waals surface area contributed by atoms with Gasteiger partial charge in [0.05, 0.1) is 18.8 Å². The van der Waals surface area contributed by atoms with E-state index in [1.54, 1.807) is 0 Å². The van der Waals surface area contributed by atoms with Gasteiger partial charge in [-0.1, -0.05) is 38.4 Å². The minimum atomic E-state index is -0.252. The number of rotatable bonds is 8. The van der Waals surface area contributed by atoms with E-state index < -0.39 is 0 Å². The zero-order chi connectivity index (χ0) is 21.9. The van der Waals surface area contributed by atoms with Crippen molar-refractivity contribution in [3.8, 4) is 5.75 Å². The molecular weight excluding hydrogens is 515 g/mol. The van der Waals surface area contributed by atoms with Crippen LogP contribution in [0.15, 0.2) is 30.1 Å². The van der Waals surface area contributed by atoms with Crippen molar-refractivity contribution in [3.05, 3.63) is 44.5 Å². The second-order valence-corrected chi connectivity index (χ2v) is 10.4. The maximum absolute atomic E-state index is 12.2. The zero-order valence-corrected chi connectivity index (χ0v) is 21.0. The fourth-order valence-electron chi connectivity index (χ4n) is 3.42. The van der Waals surface area contributed by atoms with Crippen molar-refractivity contribution in [2.75, 3.05) is 13.2 Å². The number of pyridine rings is 1. The first-order valence-corrected chi connectivity index (χ1v) is 11.9. The molecule has 164 valence electrons. The lowest BCUT2D eigenvalue weighted by molar-refractivity contribution is -0.138. The third kappa shape index (κ3) is 6.13. The Morgan fingerprint density at radius 2 is 2.13 bits per heavy atom. The van der Waals surface area contributed by atoms with E-state index in [-0.39, 0.29) is 17.4 Å². The highest BCUT2D eigenvalue weighted by molar-refractivity contribution is 14.1. The molecule has 0 spiro atoms. The maximum atomic E-state index is 12.2. The maximum Gasteiger partial charge on any atom is 0.335 e. The summed E-state index contributed by atoms with van der Waals surface area (Å²) in [6.07, 6.45) is 9.79. The predicted octanol–water partition coefficient (Wildman–Crippen LogP) is 5.75. The van der Waals surface area contributed by atoms with Gasteiger partial charge in [-0.05, 0) is 71.7 Å². The van der Waals surface area contributed by atoms with E-state index >= 15 is 0 Å². The van der Waals surface area contributed by atoms with Gasteiger partial charge in [-0.2, -0.15) is 0 Å². The molecule has 1 aromatic rings. The van der Waals surface area contributed by atoms with Gasteiger partial charge in [0, 0.05) is 24.9 Å². The van der Waals surface area contributed by atoms with Crippen LogP contribution in [0.25, 0.3) is 0 Å². The highest BCUT2D eigenvalue weighted by Crippen LogP contribution is 2.35. The topological polar surface area (TPSA) is 51.7 Å². The monoisotopic (exact) mass is 544 g/mol. The van der Waals surface area contributed by atoms with Crippen molar-refractivity contribution in [1.82, 2.24) is 9.88 Å². The van der Waals surface area contributed by atoms with Crippen LogP contribution in [0.5, 0.6) is 5.75 Å². The smallest absolute Gasteiger partial charge is 0.335 e. The Labute approximate surface area is 198 Å². The predicted molar refractivity (Wildman–Crippen MR) is 127 cm³/mol. The van der Waals surface area contributed by atoms with Crippen molar-refractivity contribution in [1.29, 1.82) is 0 Å². The second kappa shape index (κ2) is 9.90. The van der Waals surface area contributed by atoms with Gasteiger partial charge in [0.2, 0.25) is 0 Å². The minimum Gasteiger partial charge on any atom is -0.490 e. The molecule has 0 unspecified atom stereocenters. The largest absolute Gasteiger partial charge is 0.490 e. The Balaban J connectivity index is 1.84. The molecule has 3 rings (SSSR count). The summed E-state index contributed by atoms with van der Waals surface area (Å²) in [5, 5.41) is 0.415. The summed E-state index contributed by atoms with van der Waals surface area (Å²) in [5.41, 5.74) is 1.72. The molecule has 1 aliphatic heterocycles. The second-order valence-electron chi connectivity index (χ2n) is 8.98. The molecule has 0 radical (unpaired) electrons. The molecule has 1 aliphatic carbocycles. The molecule has 0 aromatic carbocycles. The lowest BCUT2D eigenvalue weighted by atomic mass is 9.82. The van der Waals surface area contributed by atoms with Crippen LogP contribution in [0.2, 0.25) is 5.15 Å². The highest BCUT2D eigenvalue weighted by atomic mass is 127. The lowest BCUT2D eigenvalue weighted by Crippen LogP contribution is -2.41. The van der Waals surface area contributed by atoms with Crippen LogP contribution >= 0.6 is 34.2 Å². The number of esters is 1. The van der Waals surface area contributed by atoms with Crippen molar-refractivity contribution < 1.29 is 14.3 Å². The van der Waals surface area contributed by atoms with Crippen molar-refractivity contribution in [2.24, 2.45) is 11.3 Å². The van der Waals surface area contributed by atoms with Crippen LogP contribution in [0.1, 0.15) is 52.5 Å². The average molecular weight is 545 g/mol. The van der Waals surface area contributed by atoms with Gasteiger partial charge in [-0.3, -0.25) is 0 Å². The molecule has 7 heteroatoms. The minimum absolute atomic E-state index is 0.0459. The molecular formula is C23H30ClIN2O3. The first-order valence-electron chi connectivity index (χ1n) is 10.5. The van der Waals surface area contributed by atoms with Gasteiger partial charge in [-0.15, -0.1) is 0 Å². The lowest BCUT2D eigenvalue weighted by Gasteiger charge is -2.39. The number of allylic oxidation sites excluding steroid dienone is 1. The zero-order valence-electron chi connectivity index (χ0n) is 18.1. The molecule has 1 aromatic heterocycles. The van der Waals surface area contributed by atoms with E-state index in [0.717, 1.165) is 15.7 Å². The molecule has 30 heavy (non-hydrogen) atoms. The van der Waals surface area contributed by atoms with Crippen LogP contribution < -0.4 is 4.74 Å². The molecule has 5 nitrogen and oxygen atoms in total. The van der Waals surface area contributed by atoms with E-state index in [1.165, 1.54) is 12.8 Å². The molecule has 2 aliphatic rings. The molecule has 0 amide bonds. The summed E-state index contributed by atoms with van der Waals surface area (Å²) in [7, 11) is 0. The number of carbonyl (C=O) groups is 1. The summed E-state index contributed by atoms with van der Waals surface area (Å²) >= 11 is 8.58. The van der Waals surface area contributed by atoms with E-state index in [2.05, 4.69) is 59.4 Å². The van der Waals surface area contributed by atoms with E-state index in [4.69, 9.17) is 21.1 Å². The molecule has 2 heterocycles. The Kier molecular flexibility index (Phi) is 7.71. The van der Waals surface area contributed by atoms with Crippen molar-refractivity contribution in [3.63, 3.8) is 0 Å². The first kappa shape index (κ1) is 23.4. The fraction of sp³-hybridized carbons (Fsp3) is 0.565. The summed E-state index contributed by atoms with van der Waals surface area (Å²) < 4.78 is 12.0. The fourth-order valence-corrected chi connectivity index (χ4v) is 4.38. The van der Waals surface area contributed by atoms with Crippen LogP contribution in [-0.2, 0) is 16.0 Å². The van der Waals surface area contributed by atoms with Gasteiger partial charge >= 0.3 is 5.97 Å². The number of hydrogen-bond acceptors (Lipinski definition) is 5. The summed E-state index contributed by atoms with van der Waals surface area (Å²) in [6.45, 7) is 9.52. The van der Waals surface area contributed by atoms with E-state index in [0.29, 0.717) is 42.0 Å². The quantitative estimate of drug-likeness (QED) is 0.237. The van der Waals surface area contributed by atoms with Crippen LogP contribution in [0.3, 0.4) is 0 Å². The van der Waals surface area contributed by atoms with Crippen molar-refractivity contribution >= 4 is 40.2 Å². The Morgan fingerprint density at radius 1 is 1.40 bits per heavy atom. The van der Waals surface area contributed by atoms with Gasteiger partial charge in [0.15, 0.2) is 10.9 Å². The number of nitrogens with zero attached hydrogens (tertiary/aromatic N) is 2. The van der Waals surface area contributed by atoms with Gasteiger partial charge in [-0.25, -0.2) is 9.78 Å². The van der Waals surface area contributed by atoms with E-state index in [1.807, 2.05) is 25.3 Å².